The first kappa shape index (κ1) is 18.4. The van der Waals surface area contributed by atoms with Crippen molar-refractivity contribution in [3.8, 4) is 5.75 Å². The van der Waals surface area contributed by atoms with Crippen LogP contribution in [0.5, 0.6) is 5.75 Å². The lowest BCUT2D eigenvalue weighted by Crippen LogP contribution is -2.08. The van der Waals surface area contributed by atoms with Crippen LogP contribution in [0.15, 0.2) is 82.0 Å². The molecule has 1 aromatic heterocycles. The molecule has 0 spiro atoms. The standard InChI is InChI=1S/C23H20O4/c1-17-7-5-6-10-19(17)12-14-22(24)27-21-15-20(26-23(25)16-21)13-11-18-8-3-2-4-9-18/h2-10,12,14-16H,11,13H2,1H3/b14-12+. The van der Waals surface area contributed by atoms with Gasteiger partial charge in [-0.05, 0) is 36.1 Å². The van der Waals surface area contributed by atoms with Crippen LogP contribution in [0.4, 0.5) is 0 Å². The highest BCUT2D eigenvalue weighted by atomic mass is 16.5. The number of carbonyl (C=O) groups is 1. The lowest BCUT2D eigenvalue weighted by molar-refractivity contribution is -0.128. The zero-order valence-electron chi connectivity index (χ0n) is 15.1. The Labute approximate surface area is 157 Å². The Kier molecular flexibility index (Phi) is 6.00. The molecule has 0 aliphatic rings. The number of rotatable bonds is 6. The molecule has 0 saturated carbocycles. The van der Waals surface area contributed by atoms with Crippen LogP contribution < -0.4 is 10.4 Å². The molecule has 3 aromatic rings. The van der Waals surface area contributed by atoms with E-state index in [2.05, 4.69) is 0 Å². The molecule has 0 fully saturated rings. The van der Waals surface area contributed by atoms with Gasteiger partial charge in [-0.1, -0.05) is 54.6 Å². The largest absolute Gasteiger partial charge is 0.428 e. The fraction of sp³-hybridized carbons (Fsp3) is 0.130. The zero-order valence-corrected chi connectivity index (χ0v) is 15.1. The Morgan fingerprint density at radius 3 is 2.52 bits per heavy atom. The summed E-state index contributed by atoms with van der Waals surface area (Å²) in [4.78, 5) is 23.8. The van der Waals surface area contributed by atoms with Gasteiger partial charge >= 0.3 is 11.6 Å². The van der Waals surface area contributed by atoms with Gasteiger partial charge in [-0.25, -0.2) is 9.59 Å². The van der Waals surface area contributed by atoms with Crippen LogP contribution in [0, 0.1) is 6.92 Å². The number of hydrogen-bond donors (Lipinski definition) is 0. The molecule has 0 amide bonds. The number of aryl methyl sites for hydroxylation is 3. The zero-order chi connectivity index (χ0) is 19.1. The first-order valence-electron chi connectivity index (χ1n) is 8.74. The second-order valence-electron chi connectivity index (χ2n) is 6.18. The Morgan fingerprint density at radius 1 is 1.00 bits per heavy atom. The third kappa shape index (κ3) is 5.54. The first-order chi connectivity index (χ1) is 13.1. The van der Waals surface area contributed by atoms with Gasteiger partial charge in [-0.15, -0.1) is 0 Å². The van der Waals surface area contributed by atoms with Crippen molar-refractivity contribution in [2.45, 2.75) is 19.8 Å². The normalized spacial score (nSPS) is 10.9. The SMILES string of the molecule is Cc1ccccc1/C=C/C(=O)Oc1cc(CCc2ccccc2)oc(=O)c1. The topological polar surface area (TPSA) is 56.5 Å². The van der Waals surface area contributed by atoms with E-state index in [1.165, 1.54) is 12.1 Å². The van der Waals surface area contributed by atoms with Crippen LogP contribution in [0.1, 0.15) is 22.5 Å². The van der Waals surface area contributed by atoms with Crippen molar-refractivity contribution < 1.29 is 13.9 Å². The minimum atomic E-state index is -0.544. The fourth-order valence-corrected chi connectivity index (χ4v) is 2.68. The monoisotopic (exact) mass is 360 g/mol. The van der Waals surface area contributed by atoms with Crippen molar-refractivity contribution in [3.05, 3.63) is 106 Å². The second kappa shape index (κ2) is 8.81. The molecular formula is C23H20O4. The maximum absolute atomic E-state index is 12.1. The molecule has 2 aromatic carbocycles. The summed E-state index contributed by atoms with van der Waals surface area (Å²) in [5.74, 6) is 0.128. The van der Waals surface area contributed by atoms with Crippen molar-refractivity contribution in [2.75, 3.05) is 0 Å². The summed E-state index contributed by atoms with van der Waals surface area (Å²) in [7, 11) is 0. The van der Waals surface area contributed by atoms with E-state index in [-0.39, 0.29) is 5.75 Å². The molecule has 0 atom stereocenters. The summed E-state index contributed by atoms with van der Waals surface area (Å²) in [6.45, 7) is 1.96. The van der Waals surface area contributed by atoms with Crippen molar-refractivity contribution >= 4 is 12.0 Å². The van der Waals surface area contributed by atoms with E-state index in [0.717, 1.165) is 23.1 Å². The highest BCUT2D eigenvalue weighted by Crippen LogP contribution is 2.14. The molecule has 4 heteroatoms. The summed E-state index contributed by atoms with van der Waals surface area (Å²) in [6, 6.07) is 20.4. The molecule has 27 heavy (non-hydrogen) atoms. The molecule has 3 rings (SSSR count). The number of carbonyl (C=O) groups excluding carboxylic acids is 1. The van der Waals surface area contributed by atoms with Gasteiger partial charge in [0.15, 0.2) is 0 Å². The third-order valence-electron chi connectivity index (χ3n) is 4.10. The van der Waals surface area contributed by atoms with Gasteiger partial charge in [0.05, 0.1) is 6.07 Å². The maximum atomic E-state index is 12.1. The molecule has 0 unspecified atom stereocenters. The molecular weight excluding hydrogens is 340 g/mol. The van der Waals surface area contributed by atoms with E-state index in [4.69, 9.17) is 9.15 Å². The number of esters is 1. The smallest absolute Gasteiger partial charge is 0.339 e. The number of hydrogen-bond acceptors (Lipinski definition) is 4. The average molecular weight is 360 g/mol. The highest BCUT2D eigenvalue weighted by molar-refractivity contribution is 5.88. The van der Waals surface area contributed by atoms with Gasteiger partial charge in [-0.2, -0.15) is 0 Å². The van der Waals surface area contributed by atoms with E-state index >= 15 is 0 Å². The van der Waals surface area contributed by atoms with E-state index in [1.807, 2.05) is 61.5 Å². The quantitative estimate of drug-likeness (QED) is 0.484. The molecule has 0 N–H and O–H groups in total. The molecule has 0 aliphatic carbocycles. The summed E-state index contributed by atoms with van der Waals surface area (Å²) in [5.41, 5.74) is 2.60. The van der Waals surface area contributed by atoms with Crippen LogP contribution in [0.2, 0.25) is 0 Å². The van der Waals surface area contributed by atoms with E-state index in [0.29, 0.717) is 12.2 Å². The van der Waals surface area contributed by atoms with Gasteiger partial charge in [0.2, 0.25) is 0 Å². The molecule has 0 radical (unpaired) electrons. The molecule has 0 saturated heterocycles. The first-order valence-corrected chi connectivity index (χ1v) is 8.74. The van der Waals surface area contributed by atoms with Crippen molar-refractivity contribution in [3.63, 3.8) is 0 Å². The van der Waals surface area contributed by atoms with Gasteiger partial charge in [-0.3, -0.25) is 0 Å². The van der Waals surface area contributed by atoms with Gasteiger partial charge < -0.3 is 9.15 Å². The molecule has 4 nitrogen and oxygen atoms in total. The molecule has 136 valence electrons. The van der Waals surface area contributed by atoms with Gasteiger partial charge in [0.1, 0.15) is 11.5 Å². The Hall–Kier alpha value is -3.40. The Bertz CT molecular complexity index is 1000. The lowest BCUT2D eigenvalue weighted by atomic mass is 10.1. The number of benzene rings is 2. The molecule has 0 aliphatic heterocycles. The number of ether oxygens (including phenoxy) is 1. The predicted octanol–water partition coefficient (Wildman–Crippen LogP) is 4.35. The Morgan fingerprint density at radius 2 is 1.74 bits per heavy atom. The minimum absolute atomic E-state index is 0.189. The fourth-order valence-electron chi connectivity index (χ4n) is 2.68. The highest BCUT2D eigenvalue weighted by Gasteiger charge is 2.07. The maximum Gasteiger partial charge on any atom is 0.339 e. The van der Waals surface area contributed by atoms with Crippen molar-refractivity contribution in [1.29, 1.82) is 0 Å². The van der Waals surface area contributed by atoms with Crippen molar-refractivity contribution in [1.82, 2.24) is 0 Å². The molecule has 0 bridgehead atoms. The third-order valence-corrected chi connectivity index (χ3v) is 4.10. The van der Waals surface area contributed by atoms with Crippen molar-refractivity contribution in [2.24, 2.45) is 0 Å². The average Bonchev–Trinajstić information content (AvgIpc) is 2.66. The van der Waals surface area contributed by atoms with Crippen LogP contribution >= 0.6 is 0 Å². The lowest BCUT2D eigenvalue weighted by Gasteiger charge is -2.04. The molecule has 1 heterocycles. The second-order valence-corrected chi connectivity index (χ2v) is 6.18. The van der Waals surface area contributed by atoms with Gasteiger partial charge in [0.25, 0.3) is 0 Å². The van der Waals surface area contributed by atoms with Crippen LogP contribution in [0.3, 0.4) is 0 Å². The van der Waals surface area contributed by atoms with Crippen LogP contribution in [0.25, 0.3) is 6.08 Å². The minimum Gasteiger partial charge on any atom is -0.428 e. The van der Waals surface area contributed by atoms with E-state index in [9.17, 15) is 9.59 Å². The van der Waals surface area contributed by atoms with E-state index < -0.39 is 11.6 Å². The summed E-state index contributed by atoms with van der Waals surface area (Å²) >= 11 is 0. The summed E-state index contributed by atoms with van der Waals surface area (Å²) in [6.07, 6.45) is 4.32. The van der Waals surface area contributed by atoms with Gasteiger partial charge in [0, 0.05) is 18.6 Å². The summed E-state index contributed by atoms with van der Waals surface area (Å²) < 4.78 is 10.5. The van der Waals surface area contributed by atoms with Crippen LogP contribution in [-0.4, -0.2) is 5.97 Å². The van der Waals surface area contributed by atoms with E-state index in [1.54, 1.807) is 12.1 Å². The summed E-state index contributed by atoms with van der Waals surface area (Å²) in [5, 5.41) is 0. The predicted molar refractivity (Wildman–Crippen MR) is 105 cm³/mol. The Balaban J connectivity index is 1.66. The van der Waals surface area contributed by atoms with Crippen LogP contribution in [-0.2, 0) is 17.6 Å².